The largest absolute Gasteiger partial charge is 0.354 e. The van der Waals surface area contributed by atoms with E-state index >= 15 is 0 Å². The summed E-state index contributed by atoms with van der Waals surface area (Å²) in [6.45, 7) is 3.69. The van der Waals surface area contributed by atoms with Crippen molar-refractivity contribution in [1.82, 2.24) is 29.4 Å². The molecule has 0 radical (unpaired) electrons. The Morgan fingerprint density at radius 2 is 2.27 bits per heavy atom. The van der Waals surface area contributed by atoms with Crippen LogP contribution < -0.4 is 4.90 Å². The second-order valence-electron chi connectivity index (χ2n) is 5.44. The van der Waals surface area contributed by atoms with Gasteiger partial charge in [0.1, 0.15) is 18.2 Å². The molecule has 1 fully saturated rings. The molecule has 1 aliphatic rings. The van der Waals surface area contributed by atoms with Crippen molar-refractivity contribution in [3.05, 3.63) is 36.0 Å². The maximum absolute atomic E-state index is 8.91. The number of hydrogen-bond donors (Lipinski definition) is 0. The zero-order valence-electron chi connectivity index (χ0n) is 12.1. The Kier molecular flexibility index (Phi) is 2.79. The van der Waals surface area contributed by atoms with Crippen LogP contribution in [0.3, 0.4) is 0 Å². The lowest BCUT2D eigenvalue weighted by atomic mass is 10.3. The van der Waals surface area contributed by atoms with Crippen molar-refractivity contribution in [2.75, 3.05) is 18.0 Å². The number of nitriles is 1. The first-order valence-corrected chi connectivity index (χ1v) is 7.11. The fourth-order valence-electron chi connectivity index (χ4n) is 2.90. The molecule has 3 aromatic heterocycles. The van der Waals surface area contributed by atoms with Crippen LogP contribution >= 0.6 is 0 Å². The van der Waals surface area contributed by atoms with Crippen LogP contribution in [0.1, 0.15) is 23.7 Å². The molecule has 8 heteroatoms. The van der Waals surface area contributed by atoms with E-state index < -0.39 is 0 Å². The summed E-state index contributed by atoms with van der Waals surface area (Å²) in [6.07, 6.45) is 5.90. The first kappa shape index (κ1) is 12.8. The van der Waals surface area contributed by atoms with E-state index in [1.807, 2.05) is 17.7 Å². The summed E-state index contributed by atoms with van der Waals surface area (Å²) in [5.74, 6) is 1.61. The van der Waals surface area contributed by atoms with Gasteiger partial charge >= 0.3 is 0 Å². The van der Waals surface area contributed by atoms with Crippen molar-refractivity contribution in [2.45, 2.75) is 19.4 Å². The molecule has 0 aliphatic carbocycles. The topological polar surface area (TPSA) is 87.9 Å². The van der Waals surface area contributed by atoms with Crippen molar-refractivity contribution < 1.29 is 0 Å². The average molecular weight is 294 g/mol. The van der Waals surface area contributed by atoms with Crippen LogP contribution in [0.15, 0.2) is 24.8 Å². The van der Waals surface area contributed by atoms with Gasteiger partial charge in [-0.05, 0) is 13.3 Å². The fourth-order valence-corrected chi connectivity index (χ4v) is 2.90. The molecular formula is C14H14N8. The molecule has 4 heterocycles. The molecule has 0 saturated carbocycles. The van der Waals surface area contributed by atoms with Gasteiger partial charge in [0.05, 0.1) is 17.8 Å². The van der Waals surface area contributed by atoms with E-state index in [1.54, 1.807) is 16.9 Å². The normalized spacial score (nSPS) is 18.0. The molecule has 1 atom stereocenters. The Balaban J connectivity index is 1.64. The molecular weight excluding hydrogens is 280 g/mol. The number of anilines is 1. The molecule has 1 aliphatic heterocycles. The first-order valence-electron chi connectivity index (χ1n) is 7.11. The van der Waals surface area contributed by atoms with E-state index in [-0.39, 0.29) is 6.04 Å². The molecule has 8 nitrogen and oxygen atoms in total. The zero-order valence-corrected chi connectivity index (χ0v) is 12.1. The third kappa shape index (κ3) is 1.98. The van der Waals surface area contributed by atoms with Crippen LogP contribution in [0.25, 0.3) is 5.78 Å². The van der Waals surface area contributed by atoms with E-state index in [9.17, 15) is 0 Å². The fraction of sp³-hybridized carbons (Fsp3) is 0.357. The van der Waals surface area contributed by atoms with Crippen molar-refractivity contribution in [3.63, 3.8) is 0 Å². The summed E-state index contributed by atoms with van der Waals surface area (Å²) in [7, 11) is 0. The summed E-state index contributed by atoms with van der Waals surface area (Å²) in [4.78, 5) is 10.8. The van der Waals surface area contributed by atoms with Crippen LogP contribution in [0.5, 0.6) is 0 Å². The predicted octanol–water partition coefficient (Wildman–Crippen LogP) is 0.952. The van der Waals surface area contributed by atoms with Gasteiger partial charge < -0.3 is 4.90 Å². The third-order valence-electron chi connectivity index (χ3n) is 3.95. The average Bonchev–Trinajstić information content (AvgIpc) is 3.25. The van der Waals surface area contributed by atoms with Gasteiger partial charge in [-0.1, -0.05) is 0 Å². The van der Waals surface area contributed by atoms with Gasteiger partial charge in [-0.3, -0.25) is 4.68 Å². The molecule has 0 N–H and O–H groups in total. The lowest BCUT2D eigenvalue weighted by Gasteiger charge is -2.19. The number of aryl methyl sites for hydroxylation is 1. The van der Waals surface area contributed by atoms with E-state index in [0.717, 1.165) is 31.0 Å². The number of rotatable bonds is 2. The molecule has 1 saturated heterocycles. The molecule has 0 aromatic carbocycles. The molecule has 0 amide bonds. The first-order chi connectivity index (χ1) is 10.7. The van der Waals surface area contributed by atoms with Gasteiger partial charge in [-0.25, -0.2) is 4.98 Å². The number of hydrogen-bond acceptors (Lipinski definition) is 6. The van der Waals surface area contributed by atoms with Crippen molar-refractivity contribution in [3.8, 4) is 6.07 Å². The summed E-state index contributed by atoms with van der Waals surface area (Å²) in [5, 5.41) is 17.5. The minimum atomic E-state index is 0.258. The Morgan fingerprint density at radius 1 is 1.36 bits per heavy atom. The highest BCUT2D eigenvalue weighted by Crippen LogP contribution is 2.27. The summed E-state index contributed by atoms with van der Waals surface area (Å²) in [5.41, 5.74) is 1.52. The maximum Gasteiger partial charge on any atom is 0.254 e. The summed E-state index contributed by atoms with van der Waals surface area (Å²) in [6, 6.07) is 4.39. The lowest BCUT2D eigenvalue weighted by molar-refractivity contribution is 0.494. The SMILES string of the molecule is Cc1cc(N2CCC(n3cc(C#N)cn3)C2)n2ncnc2n1. The van der Waals surface area contributed by atoms with Crippen LogP contribution in [-0.4, -0.2) is 42.5 Å². The maximum atomic E-state index is 8.91. The van der Waals surface area contributed by atoms with Crippen molar-refractivity contribution in [2.24, 2.45) is 0 Å². The Bertz CT molecular complexity index is 870. The van der Waals surface area contributed by atoms with Gasteiger partial charge in [-0.2, -0.15) is 25.0 Å². The number of nitrogens with zero attached hydrogens (tertiary/aromatic N) is 8. The van der Waals surface area contributed by atoms with Crippen molar-refractivity contribution in [1.29, 1.82) is 5.26 Å². The smallest absolute Gasteiger partial charge is 0.254 e. The van der Waals surface area contributed by atoms with E-state index in [1.165, 1.54) is 6.33 Å². The second-order valence-corrected chi connectivity index (χ2v) is 5.44. The van der Waals surface area contributed by atoms with Crippen LogP contribution in [-0.2, 0) is 0 Å². The van der Waals surface area contributed by atoms with Gasteiger partial charge in [0.2, 0.25) is 0 Å². The monoisotopic (exact) mass is 294 g/mol. The third-order valence-corrected chi connectivity index (χ3v) is 3.95. The van der Waals surface area contributed by atoms with E-state index in [0.29, 0.717) is 11.3 Å². The molecule has 0 spiro atoms. The van der Waals surface area contributed by atoms with Gasteiger partial charge in [0.25, 0.3) is 5.78 Å². The highest BCUT2D eigenvalue weighted by Gasteiger charge is 2.26. The Labute approximate surface area is 126 Å². The zero-order chi connectivity index (χ0) is 15.1. The Hall–Kier alpha value is -2.95. The Morgan fingerprint density at radius 3 is 3.09 bits per heavy atom. The minimum absolute atomic E-state index is 0.258. The molecule has 110 valence electrons. The molecule has 3 aromatic rings. The molecule has 4 rings (SSSR count). The second kappa shape index (κ2) is 4.80. The van der Waals surface area contributed by atoms with Crippen LogP contribution in [0, 0.1) is 18.3 Å². The van der Waals surface area contributed by atoms with Gasteiger partial charge in [-0.15, -0.1) is 0 Å². The summed E-state index contributed by atoms with van der Waals surface area (Å²) >= 11 is 0. The molecule has 0 bridgehead atoms. The van der Waals surface area contributed by atoms with Gasteiger partial charge in [0.15, 0.2) is 0 Å². The van der Waals surface area contributed by atoms with E-state index in [2.05, 4.69) is 31.1 Å². The molecule has 22 heavy (non-hydrogen) atoms. The minimum Gasteiger partial charge on any atom is -0.354 e. The van der Waals surface area contributed by atoms with Crippen molar-refractivity contribution >= 4 is 11.6 Å². The number of fused-ring (bicyclic) bond motifs is 1. The lowest BCUT2D eigenvalue weighted by Crippen LogP contribution is -2.24. The quantitative estimate of drug-likeness (QED) is 0.699. The van der Waals surface area contributed by atoms with Crippen LogP contribution in [0.4, 0.5) is 5.82 Å². The predicted molar refractivity (Wildman–Crippen MR) is 78.3 cm³/mol. The highest BCUT2D eigenvalue weighted by atomic mass is 15.4. The standard InChI is InChI=1S/C14H14N8/c1-10-4-13(22-14(19-10)16-9-18-22)20-3-2-12(8-20)21-7-11(5-15)6-17-21/h4,6-7,9,12H,2-3,8H2,1H3. The summed E-state index contributed by atoms with van der Waals surface area (Å²) < 4.78 is 3.64. The van der Waals surface area contributed by atoms with Crippen LogP contribution in [0.2, 0.25) is 0 Å². The molecule has 1 unspecified atom stereocenters. The number of aromatic nitrogens is 6. The van der Waals surface area contributed by atoms with Gasteiger partial charge in [0, 0.05) is 31.0 Å². The van der Waals surface area contributed by atoms with E-state index in [4.69, 9.17) is 5.26 Å². The highest BCUT2D eigenvalue weighted by molar-refractivity contribution is 5.48.